The summed E-state index contributed by atoms with van der Waals surface area (Å²) >= 11 is 0. The number of hydrogen-bond acceptors (Lipinski definition) is 2. The lowest BCUT2D eigenvalue weighted by Crippen LogP contribution is -2.42. The Hall–Kier alpha value is -0.930. The van der Waals surface area contributed by atoms with Crippen molar-refractivity contribution < 1.29 is 4.39 Å². The van der Waals surface area contributed by atoms with Crippen LogP contribution in [-0.4, -0.2) is 19.1 Å². The molecule has 1 saturated heterocycles. The van der Waals surface area contributed by atoms with Gasteiger partial charge in [0.1, 0.15) is 5.82 Å². The number of rotatable bonds is 4. The fourth-order valence-electron chi connectivity index (χ4n) is 2.59. The quantitative estimate of drug-likeness (QED) is 0.858. The lowest BCUT2D eigenvalue weighted by atomic mass is 9.93. The van der Waals surface area contributed by atoms with E-state index in [4.69, 9.17) is 0 Å². The van der Waals surface area contributed by atoms with Crippen molar-refractivity contribution in [2.45, 2.75) is 38.8 Å². The van der Waals surface area contributed by atoms with Gasteiger partial charge in [-0.3, -0.25) is 0 Å². The predicted molar refractivity (Wildman–Crippen MR) is 73.0 cm³/mol. The zero-order valence-electron chi connectivity index (χ0n) is 11.2. The van der Waals surface area contributed by atoms with Crippen molar-refractivity contribution in [2.75, 3.05) is 13.1 Å². The molecule has 100 valence electrons. The summed E-state index contributed by atoms with van der Waals surface area (Å²) < 4.78 is 13.0. The molecule has 1 aliphatic rings. The third-order valence-corrected chi connectivity index (χ3v) is 3.65. The first-order valence-corrected chi connectivity index (χ1v) is 6.89. The summed E-state index contributed by atoms with van der Waals surface area (Å²) in [5.41, 5.74) is 1.19. The van der Waals surface area contributed by atoms with Gasteiger partial charge >= 0.3 is 0 Å². The molecule has 2 rings (SSSR count). The van der Waals surface area contributed by atoms with Crippen molar-refractivity contribution in [3.63, 3.8) is 0 Å². The van der Waals surface area contributed by atoms with Crippen LogP contribution in [0.15, 0.2) is 24.3 Å². The zero-order valence-corrected chi connectivity index (χ0v) is 11.2. The van der Waals surface area contributed by atoms with Crippen LogP contribution in [0.25, 0.3) is 0 Å². The summed E-state index contributed by atoms with van der Waals surface area (Å²) in [5.74, 6) is 0.341. The Kier molecular flexibility index (Phi) is 4.72. The third kappa shape index (κ3) is 3.53. The minimum atomic E-state index is -0.164. The molecule has 1 heterocycles. The molecule has 0 radical (unpaired) electrons. The molecule has 1 aromatic rings. The SMILES string of the molecule is CC(C)C(NC1CCNCC1)c1ccc(F)cc1. The second kappa shape index (κ2) is 6.30. The fourth-order valence-corrected chi connectivity index (χ4v) is 2.59. The number of halogens is 1. The van der Waals surface area contributed by atoms with E-state index in [1.54, 1.807) is 12.1 Å². The van der Waals surface area contributed by atoms with Crippen LogP contribution in [0.1, 0.15) is 38.3 Å². The monoisotopic (exact) mass is 250 g/mol. The van der Waals surface area contributed by atoms with Gasteiger partial charge in [-0.05, 0) is 49.5 Å². The van der Waals surface area contributed by atoms with Crippen LogP contribution < -0.4 is 10.6 Å². The summed E-state index contributed by atoms with van der Waals surface area (Å²) in [5, 5.41) is 7.10. The van der Waals surface area contributed by atoms with E-state index in [2.05, 4.69) is 24.5 Å². The van der Waals surface area contributed by atoms with Gasteiger partial charge in [-0.25, -0.2) is 4.39 Å². The van der Waals surface area contributed by atoms with Gasteiger partial charge in [-0.2, -0.15) is 0 Å². The average molecular weight is 250 g/mol. The highest BCUT2D eigenvalue weighted by atomic mass is 19.1. The minimum absolute atomic E-state index is 0.164. The van der Waals surface area contributed by atoms with Crippen molar-refractivity contribution in [1.82, 2.24) is 10.6 Å². The maximum Gasteiger partial charge on any atom is 0.123 e. The molecule has 0 spiro atoms. The lowest BCUT2D eigenvalue weighted by molar-refractivity contribution is 0.309. The Morgan fingerprint density at radius 1 is 1.17 bits per heavy atom. The van der Waals surface area contributed by atoms with Gasteiger partial charge in [0.2, 0.25) is 0 Å². The Morgan fingerprint density at radius 3 is 2.33 bits per heavy atom. The van der Waals surface area contributed by atoms with Gasteiger partial charge < -0.3 is 10.6 Å². The van der Waals surface area contributed by atoms with Crippen LogP contribution in [0.3, 0.4) is 0 Å². The number of benzene rings is 1. The van der Waals surface area contributed by atoms with Gasteiger partial charge in [0.05, 0.1) is 0 Å². The Morgan fingerprint density at radius 2 is 1.78 bits per heavy atom. The van der Waals surface area contributed by atoms with E-state index in [0.29, 0.717) is 18.0 Å². The van der Waals surface area contributed by atoms with E-state index in [9.17, 15) is 4.39 Å². The molecule has 2 N–H and O–H groups in total. The Labute approximate surface area is 109 Å². The third-order valence-electron chi connectivity index (χ3n) is 3.65. The highest BCUT2D eigenvalue weighted by molar-refractivity contribution is 5.20. The largest absolute Gasteiger partial charge is 0.317 e. The highest BCUT2D eigenvalue weighted by Gasteiger charge is 2.21. The molecule has 18 heavy (non-hydrogen) atoms. The number of nitrogens with one attached hydrogen (secondary N) is 2. The molecule has 1 fully saturated rings. The first kappa shape index (κ1) is 13.5. The number of hydrogen-bond donors (Lipinski definition) is 2. The predicted octanol–water partition coefficient (Wildman–Crippen LogP) is 2.86. The molecular formula is C15H23FN2. The van der Waals surface area contributed by atoms with E-state index < -0.39 is 0 Å². The summed E-state index contributed by atoms with van der Waals surface area (Å²) in [7, 11) is 0. The molecule has 0 amide bonds. The molecule has 1 unspecified atom stereocenters. The van der Waals surface area contributed by atoms with Gasteiger partial charge in [-0.15, -0.1) is 0 Å². The van der Waals surface area contributed by atoms with E-state index in [-0.39, 0.29) is 5.82 Å². The molecule has 0 bridgehead atoms. The first-order valence-electron chi connectivity index (χ1n) is 6.89. The van der Waals surface area contributed by atoms with Crippen molar-refractivity contribution in [1.29, 1.82) is 0 Å². The first-order chi connectivity index (χ1) is 8.66. The van der Waals surface area contributed by atoms with Crippen molar-refractivity contribution in [2.24, 2.45) is 5.92 Å². The second-order valence-electron chi connectivity index (χ2n) is 5.46. The van der Waals surface area contributed by atoms with Crippen LogP contribution in [0, 0.1) is 11.7 Å². The second-order valence-corrected chi connectivity index (χ2v) is 5.46. The summed E-state index contributed by atoms with van der Waals surface area (Å²) in [6.07, 6.45) is 2.34. The zero-order chi connectivity index (χ0) is 13.0. The highest BCUT2D eigenvalue weighted by Crippen LogP contribution is 2.23. The summed E-state index contributed by atoms with van der Waals surface area (Å²) in [4.78, 5) is 0. The lowest BCUT2D eigenvalue weighted by Gasteiger charge is -2.31. The van der Waals surface area contributed by atoms with E-state index >= 15 is 0 Å². The van der Waals surface area contributed by atoms with Gasteiger partial charge in [0.25, 0.3) is 0 Å². The molecule has 3 heteroatoms. The van der Waals surface area contributed by atoms with Crippen LogP contribution >= 0.6 is 0 Å². The van der Waals surface area contributed by atoms with Crippen LogP contribution in [0.5, 0.6) is 0 Å². The van der Waals surface area contributed by atoms with Gasteiger partial charge in [-0.1, -0.05) is 26.0 Å². The van der Waals surface area contributed by atoms with Gasteiger partial charge in [0, 0.05) is 12.1 Å². The number of piperidine rings is 1. The summed E-state index contributed by atoms with van der Waals surface area (Å²) in [6, 6.07) is 7.78. The Balaban J connectivity index is 2.05. The van der Waals surface area contributed by atoms with E-state index in [0.717, 1.165) is 13.1 Å². The van der Waals surface area contributed by atoms with Crippen molar-refractivity contribution >= 4 is 0 Å². The topological polar surface area (TPSA) is 24.1 Å². The molecule has 1 aromatic carbocycles. The normalized spacial score (nSPS) is 19.1. The van der Waals surface area contributed by atoms with Crippen LogP contribution in [0.2, 0.25) is 0 Å². The average Bonchev–Trinajstić information content (AvgIpc) is 2.38. The smallest absolute Gasteiger partial charge is 0.123 e. The molecule has 0 saturated carbocycles. The molecule has 1 atom stereocenters. The molecule has 0 aliphatic carbocycles. The molecule has 1 aliphatic heterocycles. The maximum atomic E-state index is 13.0. The molecule has 2 nitrogen and oxygen atoms in total. The van der Waals surface area contributed by atoms with Crippen molar-refractivity contribution in [3.8, 4) is 0 Å². The Bertz CT molecular complexity index is 355. The molecular weight excluding hydrogens is 227 g/mol. The molecule has 0 aromatic heterocycles. The maximum absolute atomic E-state index is 13.0. The summed E-state index contributed by atoms with van der Waals surface area (Å²) in [6.45, 7) is 6.60. The van der Waals surface area contributed by atoms with E-state index in [1.807, 2.05) is 12.1 Å². The van der Waals surface area contributed by atoms with E-state index in [1.165, 1.54) is 18.4 Å². The minimum Gasteiger partial charge on any atom is -0.317 e. The van der Waals surface area contributed by atoms with Crippen molar-refractivity contribution in [3.05, 3.63) is 35.6 Å². The van der Waals surface area contributed by atoms with Gasteiger partial charge in [0.15, 0.2) is 0 Å². The standard InChI is InChI=1S/C15H23FN2/c1-11(2)15(12-3-5-13(16)6-4-12)18-14-7-9-17-10-8-14/h3-6,11,14-15,17-18H,7-10H2,1-2H3. The van der Waals surface area contributed by atoms with Crippen LogP contribution in [-0.2, 0) is 0 Å². The fraction of sp³-hybridized carbons (Fsp3) is 0.600. The van der Waals surface area contributed by atoms with Crippen LogP contribution in [0.4, 0.5) is 4.39 Å².